The van der Waals surface area contributed by atoms with E-state index < -0.39 is 0 Å². The third-order valence-corrected chi connectivity index (χ3v) is 3.89. The van der Waals surface area contributed by atoms with Crippen molar-refractivity contribution in [3.05, 3.63) is 42.6 Å². The Hall–Kier alpha value is -1.68. The number of carbonyl (C=O) groups is 1. The monoisotopic (exact) mass is 260 g/mol. The fraction of sp³-hybridized carbons (Fsp3) is 0.214. The molecule has 0 saturated carbocycles. The van der Waals surface area contributed by atoms with Crippen molar-refractivity contribution in [3.8, 4) is 0 Å². The molecule has 1 aromatic heterocycles. The number of benzene rings is 1. The smallest absolute Gasteiger partial charge is 0.243 e. The number of hydrogen-bond acceptors (Lipinski definition) is 2. The first-order valence-corrected chi connectivity index (χ1v) is 6.81. The molecule has 4 heteroatoms. The molecule has 2 N–H and O–H groups in total. The minimum atomic E-state index is -0.119. The van der Waals surface area contributed by atoms with Crippen LogP contribution in [0.4, 0.5) is 0 Å². The predicted octanol–water partition coefficient (Wildman–Crippen LogP) is 2.87. The molecule has 18 heavy (non-hydrogen) atoms. The van der Waals surface area contributed by atoms with E-state index in [9.17, 15) is 4.79 Å². The summed E-state index contributed by atoms with van der Waals surface area (Å²) < 4.78 is 0. The zero-order valence-corrected chi connectivity index (χ0v) is 11.1. The summed E-state index contributed by atoms with van der Waals surface area (Å²) in [5.74, 6) is 0.730. The Bertz CT molecular complexity index is 574. The molecular weight excluding hydrogens is 244 g/mol. The number of fused-ring (bicyclic) bond motifs is 1. The van der Waals surface area contributed by atoms with Crippen LogP contribution in [-0.2, 0) is 4.79 Å². The number of carbonyl (C=O) groups excluding carboxylic acids is 1. The number of para-hydroxylation sites is 1. The van der Waals surface area contributed by atoms with Gasteiger partial charge in [0.25, 0.3) is 0 Å². The second kappa shape index (κ2) is 5.78. The van der Waals surface area contributed by atoms with Crippen LogP contribution in [-0.4, -0.2) is 23.2 Å². The molecule has 0 spiro atoms. The maximum Gasteiger partial charge on any atom is 0.243 e. The van der Waals surface area contributed by atoms with Crippen LogP contribution in [0.1, 0.15) is 5.69 Å². The van der Waals surface area contributed by atoms with Crippen molar-refractivity contribution < 1.29 is 4.79 Å². The van der Waals surface area contributed by atoms with E-state index in [1.54, 1.807) is 11.8 Å². The number of rotatable bonds is 5. The first kappa shape index (κ1) is 12.8. The van der Waals surface area contributed by atoms with Crippen LogP contribution in [0.15, 0.2) is 41.8 Å². The standard InChI is InChI=1S/C14H16N2OS/c1-3-13(17)15-8-9-18-14-10(2)16-12-7-5-4-6-11(12)14/h3-7,16H,1,8-9H2,2H3,(H,15,17). The van der Waals surface area contributed by atoms with Crippen molar-refractivity contribution in [1.29, 1.82) is 0 Å². The number of aromatic amines is 1. The van der Waals surface area contributed by atoms with Gasteiger partial charge in [-0.15, -0.1) is 11.8 Å². The third-order valence-electron chi connectivity index (χ3n) is 2.67. The van der Waals surface area contributed by atoms with Gasteiger partial charge < -0.3 is 10.3 Å². The molecule has 0 atom stereocenters. The van der Waals surface area contributed by atoms with Crippen molar-refractivity contribution in [2.24, 2.45) is 0 Å². The number of thioether (sulfide) groups is 1. The minimum Gasteiger partial charge on any atom is -0.358 e. The van der Waals surface area contributed by atoms with Gasteiger partial charge in [-0.3, -0.25) is 4.79 Å². The van der Waals surface area contributed by atoms with Gasteiger partial charge in [0.2, 0.25) is 5.91 Å². The zero-order chi connectivity index (χ0) is 13.0. The summed E-state index contributed by atoms with van der Waals surface area (Å²) in [6.45, 7) is 6.14. The van der Waals surface area contributed by atoms with E-state index >= 15 is 0 Å². The maximum absolute atomic E-state index is 11.0. The van der Waals surface area contributed by atoms with Crippen molar-refractivity contribution in [2.45, 2.75) is 11.8 Å². The van der Waals surface area contributed by atoms with E-state index in [-0.39, 0.29) is 5.91 Å². The fourth-order valence-corrected chi connectivity index (χ4v) is 2.85. The molecule has 2 rings (SSSR count). The van der Waals surface area contributed by atoms with Crippen LogP contribution in [0.5, 0.6) is 0 Å². The average molecular weight is 260 g/mol. The molecule has 3 nitrogen and oxygen atoms in total. The minimum absolute atomic E-state index is 0.119. The van der Waals surface area contributed by atoms with E-state index in [0.717, 1.165) is 11.3 Å². The Balaban J connectivity index is 2.01. The number of nitrogens with one attached hydrogen (secondary N) is 2. The number of hydrogen-bond donors (Lipinski definition) is 2. The van der Waals surface area contributed by atoms with E-state index in [1.807, 2.05) is 12.1 Å². The summed E-state index contributed by atoms with van der Waals surface area (Å²) in [5, 5.41) is 4.02. The highest BCUT2D eigenvalue weighted by Crippen LogP contribution is 2.30. The largest absolute Gasteiger partial charge is 0.358 e. The lowest BCUT2D eigenvalue weighted by molar-refractivity contribution is -0.116. The second-order valence-electron chi connectivity index (χ2n) is 3.97. The fourth-order valence-electron chi connectivity index (χ4n) is 1.84. The summed E-state index contributed by atoms with van der Waals surface area (Å²) in [6.07, 6.45) is 1.29. The van der Waals surface area contributed by atoms with Gasteiger partial charge in [-0.2, -0.15) is 0 Å². The molecule has 0 radical (unpaired) electrons. The topological polar surface area (TPSA) is 44.9 Å². The Kier molecular flexibility index (Phi) is 4.10. The molecule has 1 amide bonds. The van der Waals surface area contributed by atoms with Crippen LogP contribution >= 0.6 is 11.8 Å². The van der Waals surface area contributed by atoms with Gasteiger partial charge in [-0.25, -0.2) is 0 Å². The van der Waals surface area contributed by atoms with Crippen LogP contribution in [0.25, 0.3) is 10.9 Å². The van der Waals surface area contributed by atoms with Gasteiger partial charge in [0.05, 0.1) is 0 Å². The molecule has 0 bridgehead atoms. The third kappa shape index (κ3) is 2.76. The van der Waals surface area contributed by atoms with E-state index in [4.69, 9.17) is 0 Å². The molecule has 2 aromatic rings. The van der Waals surface area contributed by atoms with Gasteiger partial charge in [-0.1, -0.05) is 24.8 Å². The van der Waals surface area contributed by atoms with Crippen LogP contribution in [0.2, 0.25) is 0 Å². The molecule has 0 fully saturated rings. The second-order valence-corrected chi connectivity index (χ2v) is 5.07. The van der Waals surface area contributed by atoms with Crippen molar-refractivity contribution in [1.82, 2.24) is 10.3 Å². The van der Waals surface area contributed by atoms with Crippen molar-refractivity contribution in [2.75, 3.05) is 12.3 Å². The lowest BCUT2D eigenvalue weighted by Crippen LogP contribution is -2.23. The molecule has 0 saturated heterocycles. The average Bonchev–Trinajstić information content (AvgIpc) is 2.70. The summed E-state index contributed by atoms with van der Waals surface area (Å²) >= 11 is 1.76. The van der Waals surface area contributed by atoms with Gasteiger partial charge >= 0.3 is 0 Å². The zero-order valence-electron chi connectivity index (χ0n) is 10.3. The van der Waals surface area contributed by atoms with E-state index in [0.29, 0.717) is 6.54 Å². The summed E-state index contributed by atoms with van der Waals surface area (Å²) in [7, 11) is 0. The Morgan fingerprint density at radius 2 is 2.28 bits per heavy atom. The Morgan fingerprint density at radius 1 is 1.50 bits per heavy atom. The van der Waals surface area contributed by atoms with E-state index in [1.165, 1.54) is 22.1 Å². The molecule has 1 aromatic carbocycles. The normalized spacial score (nSPS) is 10.5. The molecular formula is C14H16N2OS. The first-order chi connectivity index (χ1) is 8.72. The number of aromatic nitrogens is 1. The SMILES string of the molecule is C=CC(=O)NCCSc1c(C)[nH]c2ccccc12. The van der Waals surface area contributed by atoms with E-state index in [2.05, 4.69) is 35.9 Å². The van der Waals surface area contributed by atoms with Crippen molar-refractivity contribution >= 4 is 28.6 Å². The maximum atomic E-state index is 11.0. The van der Waals surface area contributed by atoms with Gasteiger partial charge in [0, 0.05) is 33.8 Å². The first-order valence-electron chi connectivity index (χ1n) is 5.82. The number of amides is 1. The lowest BCUT2D eigenvalue weighted by Gasteiger charge is -2.03. The number of aryl methyl sites for hydroxylation is 1. The highest BCUT2D eigenvalue weighted by Gasteiger charge is 2.07. The molecule has 1 heterocycles. The summed E-state index contributed by atoms with van der Waals surface area (Å²) in [6, 6.07) is 8.26. The van der Waals surface area contributed by atoms with Gasteiger partial charge in [-0.05, 0) is 19.1 Å². The summed E-state index contributed by atoms with van der Waals surface area (Å²) in [5.41, 5.74) is 2.34. The quantitative estimate of drug-likeness (QED) is 0.493. The molecule has 94 valence electrons. The van der Waals surface area contributed by atoms with Gasteiger partial charge in [0.1, 0.15) is 0 Å². The lowest BCUT2D eigenvalue weighted by atomic mass is 10.2. The molecule has 0 aliphatic heterocycles. The number of H-pyrrole nitrogens is 1. The predicted molar refractivity (Wildman–Crippen MR) is 77.0 cm³/mol. The van der Waals surface area contributed by atoms with Crippen molar-refractivity contribution in [3.63, 3.8) is 0 Å². The van der Waals surface area contributed by atoms with Crippen LogP contribution < -0.4 is 5.32 Å². The van der Waals surface area contributed by atoms with Crippen LogP contribution in [0.3, 0.4) is 0 Å². The highest BCUT2D eigenvalue weighted by atomic mass is 32.2. The Labute approximate surface area is 111 Å². The molecule has 0 unspecified atom stereocenters. The van der Waals surface area contributed by atoms with Gasteiger partial charge in [0.15, 0.2) is 0 Å². The summed E-state index contributed by atoms with van der Waals surface area (Å²) in [4.78, 5) is 15.6. The highest BCUT2D eigenvalue weighted by molar-refractivity contribution is 7.99. The molecule has 0 aliphatic carbocycles. The van der Waals surface area contributed by atoms with Crippen LogP contribution in [0, 0.1) is 6.92 Å². The Morgan fingerprint density at radius 3 is 3.06 bits per heavy atom. The molecule has 0 aliphatic rings.